The van der Waals surface area contributed by atoms with Gasteiger partial charge in [-0.2, -0.15) is 0 Å². The Morgan fingerprint density at radius 3 is 3.17 bits per heavy atom. The molecule has 0 fully saturated rings. The molecule has 0 radical (unpaired) electrons. The molecule has 24 heavy (non-hydrogen) atoms. The molecule has 4 rings (SSSR count). The summed E-state index contributed by atoms with van der Waals surface area (Å²) in [6.07, 6.45) is 6.29. The fraction of sp³-hybridized carbons (Fsp3) is 0.562. The van der Waals surface area contributed by atoms with Crippen LogP contribution in [0.5, 0.6) is 0 Å². The summed E-state index contributed by atoms with van der Waals surface area (Å²) < 4.78 is 1.89. The lowest BCUT2D eigenvalue weighted by Gasteiger charge is -2.18. The highest BCUT2D eigenvalue weighted by Gasteiger charge is 2.23. The summed E-state index contributed by atoms with van der Waals surface area (Å²) in [6, 6.07) is 0. The number of fused-ring (bicyclic) bond motifs is 3. The Hall–Kier alpha value is -1.54. The van der Waals surface area contributed by atoms with Crippen molar-refractivity contribution in [1.82, 2.24) is 30.2 Å². The highest BCUT2D eigenvalue weighted by molar-refractivity contribution is 7.98. The molecule has 0 aliphatic heterocycles. The third-order valence-corrected chi connectivity index (χ3v) is 6.58. The van der Waals surface area contributed by atoms with Gasteiger partial charge in [0, 0.05) is 16.8 Å². The Balaban J connectivity index is 1.63. The molecule has 126 valence electrons. The zero-order chi connectivity index (χ0) is 16.5. The van der Waals surface area contributed by atoms with E-state index < -0.39 is 0 Å². The number of hydrogen-bond donors (Lipinski definition) is 0. The second kappa shape index (κ2) is 6.76. The average Bonchev–Trinajstić information content (AvgIpc) is 3.16. The molecule has 0 N–H and O–H groups in total. The minimum Gasteiger partial charge on any atom is -0.229 e. The molecular weight excluding hydrogens is 340 g/mol. The predicted molar refractivity (Wildman–Crippen MR) is 96.3 cm³/mol. The molecule has 0 aromatic carbocycles. The molecule has 0 amide bonds. The Morgan fingerprint density at radius 1 is 1.38 bits per heavy atom. The van der Waals surface area contributed by atoms with Crippen molar-refractivity contribution in [2.24, 2.45) is 5.92 Å². The number of thioether (sulfide) groups is 1. The molecule has 3 heterocycles. The number of aryl methyl sites for hydroxylation is 2. The first-order valence-corrected chi connectivity index (χ1v) is 10.2. The number of hydrogen-bond acceptors (Lipinski definition) is 7. The molecule has 0 spiro atoms. The van der Waals surface area contributed by atoms with Gasteiger partial charge in [0.05, 0.1) is 5.75 Å². The van der Waals surface area contributed by atoms with E-state index in [-0.39, 0.29) is 0 Å². The summed E-state index contributed by atoms with van der Waals surface area (Å²) in [5.41, 5.74) is 1.48. The van der Waals surface area contributed by atoms with Crippen LogP contribution in [-0.2, 0) is 25.1 Å². The van der Waals surface area contributed by atoms with Gasteiger partial charge < -0.3 is 0 Å². The van der Waals surface area contributed by atoms with Crippen LogP contribution in [0.1, 0.15) is 43.0 Å². The van der Waals surface area contributed by atoms with E-state index in [4.69, 9.17) is 0 Å². The number of aromatic nitrogens is 6. The molecule has 3 aromatic rings. The van der Waals surface area contributed by atoms with Crippen molar-refractivity contribution in [2.75, 3.05) is 0 Å². The first kappa shape index (κ1) is 16.0. The standard InChI is InChI=1S/C16H20N6S2/c1-3-6-22-13(19-20-21-22)8-23-15-14-11-5-4-10(2)7-12(11)24-16(14)18-9-17-15/h9-10H,3-8H2,1-2H3/t10-/m0/s1. The fourth-order valence-corrected chi connectivity index (χ4v) is 5.57. The van der Waals surface area contributed by atoms with Gasteiger partial charge in [-0.1, -0.05) is 25.6 Å². The normalized spacial score (nSPS) is 17.3. The van der Waals surface area contributed by atoms with E-state index in [9.17, 15) is 0 Å². The molecule has 0 saturated carbocycles. The largest absolute Gasteiger partial charge is 0.229 e. The highest BCUT2D eigenvalue weighted by Crippen LogP contribution is 2.40. The smallest absolute Gasteiger partial charge is 0.161 e. The second-order valence-electron chi connectivity index (χ2n) is 6.32. The Morgan fingerprint density at radius 2 is 2.29 bits per heavy atom. The maximum Gasteiger partial charge on any atom is 0.161 e. The number of thiophene rings is 1. The molecule has 0 unspecified atom stereocenters. The van der Waals surface area contributed by atoms with Crippen molar-refractivity contribution in [3.05, 3.63) is 22.6 Å². The van der Waals surface area contributed by atoms with Crippen molar-refractivity contribution in [3.8, 4) is 0 Å². The minimum absolute atomic E-state index is 0.736. The van der Waals surface area contributed by atoms with Crippen LogP contribution in [0.25, 0.3) is 10.2 Å². The molecule has 0 bridgehead atoms. The van der Waals surface area contributed by atoms with Gasteiger partial charge >= 0.3 is 0 Å². The molecule has 1 aliphatic carbocycles. The van der Waals surface area contributed by atoms with Crippen LogP contribution < -0.4 is 0 Å². The van der Waals surface area contributed by atoms with Crippen LogP contribution in [0.4, 0.5) is 0 Å². The Kier molecular flexibility index (Phi) is 4.49. The third-order valence-electron chi connectivity index (χ3n) is 4.44. The Labute approximate surface area is 149 Å². The van der Waals surface area contributed by atoms with E-state index in [1.54, 1.807) is 18.1 Å². The van der Waals surface area contributed by atoms with Crippen molar-refractivity contribution in [1.29, 1.82) is 0 Å². The lowest BCUT2D eigenvalue weighted by atomic mass is 9.89. The first-order chi connectivity index (χ1) is 11.8. The zero-order valence-electron chi connectivity index (χ0n) is 13.9. The monoisotopic (exact) mass is 360 g/mol. The second-order valence-corrected chi connectivity index (χ2v) is 8.37. The van der Waals surface area contributed by atoms with Gasteiger partial charge in [-0.25, -0.2) is 14.6 Å². The maximum atomic E-state index is 4.56. The van der Waals surface area contributed by atoms with Gasteiger partial charge in [0.25, 0.3) is 0 Å². The fourth-order valence-electron chi connectivity index (χ4n) is 3.20. The van der Waals surface area contributed by atoms with Crippen LogP contribution >= 0.6 is 23.1 Å². The van der Waals surface area contributed by atoms with E-state index >= 15 is 0 Å². The average molecular weight is 361 g/mol. The third kappa shape index (κ3) is 2.93. The SMILES string of the molecule is CCCn1nnnc1CSc1ncnc2sc3c(c12)CC[C@H](C)C3. The van der Waals surface area contributed by atoms with Gasteiger partial charge in [-0.05, 0) is 47.6 Å². The van der Waals surface area contributed by atoms with Gasteiger partial charge in [-0.3, -0.25) is 0 Å². The van der Waals surface area contributed by atoms with E-state index in [1.165, 1.54) is 28.7 Å². The van der Waals surface area contributed by atoms with Crippen LogP contribution in [0, 0.1) is 5.92 Å². The van der Waals surface area contributed by atoms with Crippen molar-refractivity contribution in [3.63, 3.8) is 0 Å². The van der Waals surface area contributed by atoms with Crippen molar-refractivity contribution in [2.45, 2.75) is 56.9 Å². The minimum atomic E-state index is 0.736. The van der Waals surface area contributed by atoms with E-state index in [1.807, 2.05) is 16.0 Å². The Bertz CT molecular complexity index is 855. The highest BCUT2D eigenvalue weighted by atomic mass is 32.2. The molecule has 3 aromatic heterocycles. The lowest BCUT2D eigenvalue weighted by molar-refractivity contribution is 0.509. The maximum absolute atomic E-state index is 4.56. The van der Waals surface area contributed by atoms with Crippen LogP contribution in [0.2, 0.25) is 0 Å². The lowest BCUT2D eigenvalue weighted by Crippen LogP contribution is -2.08. The number of tetrazole rings is 1. The molecule has 1 atom stereocenters. The van der Waals surface area contributed by atoms with Crippen LogP contribution in [0.15, 0.2) is 11.4 Å². The van der Waals surface area contributed by atoms with Crippen molar-refractivity contribution >= 4 is 33.3 Å². The van der Waals surface area contributed by atoms with Crippen LogP contribution in [0.3, 0.4) is 0 Å². The zero-order valence-corrected chi connectivity index (χ0v) is 15.5. The van der Waals surface area contributed by atoms with Gasteiger partial charge in [0.1, 0.15) is 16.2 Å². The first-order valence-electron chi connectivity index (χ1n) is 8.39. The van der Waals surface area contributed by atoms with Gasteiger partial charge in [-0.15, -0.1) is 16.4 Å². The quantitative estimate of drug-likeness (QED) is 0.512. The topological polar surface area (TPSA) is 69.4 Å². The van der Waals surface area contributed by atoms with Crippen LogP contribution in [-0.4, -0.2) is 30.2 Å². The molecular formula is C16H20N6S2. The number of rotatable bonds is 5. The summed E-state index contributed by atoms with van der Waals surface area (Å²) in [6.45, 7) is 5.32. The van der Waals surface area contributed by atoms with E-state index in [0.29, 0.717) is 0 Å². The molecule has 0 saturated heterocycles. The molecule has 6 nitrogen and oxygen atoms in total. The number of nitrogens with zero attached hydrogens (tertiary/aromatic N) is 6. The predicted octanol–water partition coefficient (Wildman–Crippen LogP) is 3.50. The molecule has 8 heteroatoms. The summed E-state index contributed by atoms with van der Waals surface area (Å²) in [5.74, 6) is 2.42. The summed E-state index contributed by atoms with van der Waals surface area (Å²) in [7, 11) is 0. The van der Waals surface area contributed by atoms with Gasteiger partial charge in [0.2, 0.25) is 0 Å². The molecule has 1 aliphatic rings. The van der Waals surface area contributed by atoms with Gasteiger partial charge in [0.15, 0.2) is 5.82 Å². The summed E-state index contributed by atoms with van der Waals surface area (Å²) in [5, 5.41) is 14.4. The summed E-state index contributed by atoms with van der Waals surface area (Å²) in [4.78, 5) is 11.7. The van der Waals surface area contributed by atoms with E-state index in [2.05, 4.69) is 39.3 Å². The summed E-state index contributed by atoms with van der Waals surface area (Å²) >= 11 is 3.56. The van der Waals surface area contributed by atoms with E-state index in [0.717, 1.165) is 46.7 Å². The van der Waals surface area contributed by atoms with Crippen molar-refractivity contribution < 1.29 is 0 Å².